The van der Waals surface area contributed by atoms with Gasteiger partial charge in [-0.2, -0.15) is 8.78 Å². The number of nitrogens with one attached hydrogen (secondary N) is 2. The van der Waals surface area contributed by atoms with E-state index in [1.807, 2.05) is 6.92 Å². The predicted molar refractivity (Wildman–Crippen MR) is 132 cm³/mol. The summed E-state index contributed by atoms with van der Waals surface area (Å²) in [5.41, 5.74) is 1.46. The lowest BCUT2D eigenvalue weighted by Gasteiger charge is -2.15. The maximum Gasteiger partial charge on any atom is 0.387 e. The standard InChI is InChI=1S/C23H26F2N4O3.HI/c1-2-26-23(28-15-16-9-3-6-12-19(16)32-22(24)25)27-13-7-8-14-29-20(30)17-10-4-5-11-18(17)21(29)31;/h3-6,9-12,22H,2,7-8,13-15H2,1H3,(H2,26,27,28);1H. The number of para-hydroxylation sites is 1. The zero-order valence-corrected chi connectivity index (χ0v) is 20.6. The summed E-state index contributed by atoms with van der Waals surface area (Å²) < 4.78 is 29.7. The number of benzene rings is 2. The third-order valence-corrected chi connectivity index (χ3v) is 4.92. The molecule has 178 valence electrons. The average molecular weight is 572 g/mol. The van der Waals surface area contributed by atoms with E-state index < -0.39 is 6.61 Å². The van der Waals surface area contributed by atoms with Gasteiger partial charge in [0.2, 0.25) is 0 Å². The van der Waals surface area contributed by atoms with Crippen molar-refractivity contribution in [3.05, 3.63) is 65.2 Å². The number of amides is 2. The molecule has 0 saturated carbocycles. The van der Waals surface area contributed by atoms with Gasteiger partial charge in [-0.1, -0.05) is 30.3 Å². The van der Waals surface area contributed by atoms with E-state index in [1.54, 1.807) is 42.5 Å². The quantitative estimate of drug-likeness (QED) is 0.148. The molecule has 1 aliphatic rings. The van der Waals surface area contributed by atoms with Gasteiger partial charge in [-0.05, 0) is 38.0 Å². The first-order valence-corrected chi connectivity index (χ1v) is 10.5. The fourth-order valence-corrected chi connectivity index (χ4v) is 3.40. The Hall–Kier alpha value is -2.76. The summed E-state index contributed by atoms with van der Waals surface area (Å²) in [6, 6.07) is 13.4. The Kier molecular flexibility index (Phi) is 10.5. The smallest absolute Gasteiger partial charge is 0.387 e. The minimum Gasteiger partial charge on any atom is -0.434 e. The highest BCUT2D eigenvalue weighted by Gasteiger charge is 2.34. The molecule has 33 heavy (non-hydrogen) atoms. The van der Waals surface area contributed by atoms with Gasteiger partial charge in [0.15, 0.2) is 5.96 Å². The number of rotatable bonds is 10. The number of hydrogen-bond acceptors (Lipinski definition) is 4. The first kappa shape index (κ1) is 26.5. The molecule has 0 spiro atoms. The second-order valence-electron chi connectivity index (χ2n) is 7.12. The summed E-state index contributed by atoms with van der Waals surface area (Å²) in [5, 5.41) is 6.28. The highest BCUT2D eigenvalue weighted by molar-refractivity contribution is 14.0. The van der Waals surface area contributed by atoms with Crippen molar-refractivity contribution in [1.29, 1.82) is 0 Å². The van der Waals surface area contributed by atoms with Crippen LogP contribution in [0.2, 0.25) is 0 Å². The number of alkyl halides is 2. The Morgan fingerprint density at radius 1 is 1.00 bits per heavy atom. The Labute approximate surface area is 208 Å². The zero-order chi connectivity index (χ0) is 22.9. The molecule has 0 saturated heterocycles. The number of imide groups is 1. The molecular formula is C23H27F2IN4O3. The molecule has 2 amide bonds. The third-order valence-electron chi connectivity index (χ3n) is 4.92. The lowest BCUT2D eigenvalue weighted by atomic mass is 10.1. The highest BCUT2D eigenvalue weighted by atomic mass is 127. The summed E-state index contributed by atoms with van der Waals surface area (Å²) in [6.45, 7) is 0.759. The second-order valence-corrected chi connectivity index (χ2v) is 7.12. The Morgan fingerprint density at radius 2 is 1.64 bits per heavy atom. The lowest BCUT2D eigenvalue weighted by molar-refractivity contribution is -0.0504. The fourth-order valence-electron chi connectivity index (χ4n) is 3.40. The second kappa shape index (κ2) is 13.1. The van der Waals surface area contributed by atoms with Gasteiger partial charge in [-0.3, -0.25) is 14.5 Å². The Bertz CT molecular complexity index is 953. The minimum absolute atomic E-state index is 0. The van der Waals surface area contributed by atoms with Gasteiger partial charge in [-0.15, -0.1) is 24.0 Å². The van der Waals surface area contributed by atoms with Gasteiger partial charge < -0.3 is 15.4 Å². The monoisotopic (exact) mass is 572 g/mol. The van der Waals surface area contributed by atoms with Crippen molar-refractivity contribution >= 4 is 41.8 Å². The first-order chi connectivity index (χ1) is 15.5. The molecule has 3 rings (SSSR count). The zero-order valence-electron chi connectivity index (χ0n) is 18.2. The number of unbranched alkanes of at least 4 members (excludes halogenated alkanes) is 1. The van der Waals surface area contributed by atoms with Crippen LogP contribution in [0.25, 0.3) is 0 Å². The summed E-state index contributed by atoms with van der Waals surface area (Å²) in [7, 11) is 0. The summed E-state index contributed by atoms with van der Waals surface area (Å²) in [6.07, 6.45) is 1.35. The number of halogens is 3. The van der Waals surface area contributed by atoms with Crippen molar-refractivity contribution in [3.63, 3.8) is 0 Å². The molecule has 0 atom stereocenters. The molecule has 0 aliphatic carbocycles. The van der Waals surface area contributed by atoms with Crippen LogP contribution < -0.4 is 15.4 Å². The molecule has 0 fully saturated rings. The van der Waals surface area contributed by atoms with Crippen LogP contribution >= 0.6 is 24.0 Å². The number of carbonyl (C=O) groups is 2. The van der Waals surface area contributed by atoms with Gasteiger partial charge in [-0.25, -0.2) is 4.99 Å². The molecule has 0 unspecified atom stereocenters. The van der Waals surface area contributed by atoms with Crippen molar-refractivity contribution in [2.45, 2.75) is 32.9 Å². The lowest BCUT2D eigenvalue weighted by Crippen LogP contribution is -2.38. The highest BCUT2D eigenvalue weighted by Crippen LogP contribution is 2.23. The van der Waals surface area contributed by atoms with Gasteiger partial charge in [0.05, 0.1) is 17.7 Å². The topological polar surface area (TPSA) is 83.0 Å². The van der Waals surface area contributed by atoms with Crippen LogP contribution in [0.5, 0.6) is 5.75 Å². The molecule has 0 radical (unpaired) electrons. The third kappa shape index (κ3) is 7.11. The molecule has 2 aromatic carbocycles. The van der Waals surface area contributed by atoms with E-state index in [4.69, 9.17) is 0 Å². The molecule has 1 heterocycles. The largest absolute Gasteiger partial charge is 0.434 e. The van der Waals surface area contributed by atoms with Crippen LogP contribution in [0.15, 0.2) is 53.5 Å². The number of nitrogens with zero attached hydrogens (tertiary/aromatic N) is 2. The fraction of sp³-hybridized carbons (Fsp3) is 0.348. The number of carbonyl (C=O) groups excluding carboxylic acids is 2. The first-order valence-electron chi connectivity index (χ1n) is 10.5. The van der Waals surface area contributed by atoms with Crippen molar-refractivity contribution in [2.75, 3.05) is 19.6 Å². The molecule has 7 nitrogen and oxygen atoms in total. The average Bonchev–Trinajstić information content (AvgIpc) is 3.02. The normalized spacial score (nSPS) is 13.1. The van der Waals surface area contributed by atoms with Crippen LogP contribution in [0.3, 0.4) is 0 Å². The van der Waals surface area contributed by atoms with E-state index in [0.29, 0.717) is 55.1 Å². The van der Waals surface area contributed by atoms with Gasteiger partial charge in [0, 0.05) is 25.2 Å². The number of guanidine groups is 1. The minimum atomic E-state index is -2.89. The van der Waals surface area contributed by atoms with Gasteiger partial charge >= 0.3 is 6.61 Å². The molecular weight excluding hydrogens is 545 g/mol. The van der Waals surface area contributed by atoms with E-state index in [2.05, 4.69) is 20.4 Å². The number of hydrogen-bond donors (Lipinski definition) is 2. The van der Waals surface area contributed by atoms with Crippen molar-refractivity contribution < 1.29 is 23.1 Å². The van der Waals surface area contributed by atoms with Crippen LogP contribution in [0.4, 0.5) is 8.78 Å². The maximum atomic E-state index is 12.6. The summed E-state index contributed by atoms with van der Waals surface area (Å²) in [5.74, 6) is 0.138. The van der Waals surface area contributed by atoms with Crippen LogP contribution in [-0.4, -0.2) is 48.9 Å². The van der Waals surface area contributed by atoms with E-state index in [1.165, 1.54) is 11.0 Å². The van der Waals surface area contributed by atoms with E-state index in [0.717, 1.165) is 0 Å². The summed E-state index contributed by atoms with van der Waals surface area (Å²) >= 11 is 0. The molecule has 10 heteroatoms. The van der Waals surface area contributed by atoms with Crippen molar-refractivity contribution in [3.8, 4) is 5.75 Å². The molecule has 0 aromatic heterocycles. The van der Waals surface area contributed by atoms with E-state index in [9.17, 15) is 18.4 Å². The SMILES string of the molecule is CCNC(=NCc1ccccc1OC(F)F)NCCCCN1C(=O)c2ccccc2C1=O.I. The van der Waals surface area contributed by atoms with Crippen LogP contribution in [0.1, 0.15) is 46.0 Å². The van der Waals surface area contributed by atoms with Gasteiger partial charge in [0.25, 0.3) is 11.8 Å². The predicted octanol–water partition coefficient (Wildman–Crippen LogP) is 4.04. The van der Waals surface area contributed by atoms with Gasteiger partial charge in [0.1, 0.15) is 5.75 Å². The van der Waals surface area contributed by atoms with Crippen LogP contribution in [0, 0.1) is 0 Å². The molecule has 0 bridgehead atoms. The number of aliphatic imine (C=N–C) groups is 1. The Morgan fingerprint density at radius 3 is 2.27 bits per heavy atom. The van der Waals surface area contributed by atoms with Crippen molar-refractivity contribution in [1.82, 2.24) is 15.5 Å². The number of fused-ring (bicyclic) bond motifs is 1. The molecule has 1 aliphatic heterocycles. The van der Waals surface area contributed by atoms with Crippen LogP contribution in [-0.2, 0) is 6.54 Å². The van der Waals surface area contributed by atoms with E-state index >= 15 is 0 Å². The summed E-state index contributed by atoms with van der Waals surface area (Å²) in [4.78, 5) is 30.5. The van der Waals surface area contributed by atoms with E-state index in [-0.39, 0.29) is 48.1 Å². The maximum absolute atomic E-state index is 12.6. The Balaban J connectivity index is 0.00000385. The number of ether oxygens (including phenoxy) is 1. The molecule has 2 aromatic rings. The molecule has 2 N–H and O–H groups in total. The van der Waals surface area contributed by atoms with Crippen molar-refractivity contribution in [2.24, 2.45) is 4.99 Å².